The Morgan fingerprint density at radius 1 is 0.500 bits per heavy atom. The van der Waals surface area contributed by atoms with Gasteiger partial charge in [0.15, 0.2) is 0 Å². The van der Waals surface area contributed by atoms with E-state index in [9.17, 15) is 0 Å². The molecule has 1 aliphatic rings. The summed E-state index contributed by atoms with van der Waals surface area (Å²) in [6.07, 6.45) is 0. The summed E-state index contributed by atoms with van der Waals surface area (Å²) in [4.78, 5) is 3.66. The Kier molecular flexibility index (Phi) is 3.96. The van der Waals surface area contributed by atoms with Crippen LogP contribution in [0.2, 0.25) is 0 Å². The van der Waals surface area contributed by atoms with Crippen LogP contribution in [0.15, 0.2) is 109 Å². The van der Waals surface area contributed by atoms with Gasteiger partial charge in [0.05, 0.1) is 5.52 Å². The number of rotatable bonds is 2. The van der Waals surface area contributed by atoms with Gasteiger partial charge in [0, 0.05) is 27.3 Å². The zero-order valence-electron chi connectivity index (χ0n) is 19.4. The normalized spacial score (nSPS) is 13.8. The molecule has 162 valence electrons. The van der Waals surface area contributed by atoms with Crippen molar-refractivity contribution >= 4 is 21.8 Å². The van der Waals surface area contributed by atoms with E-state index >= 15 is 0 Å². The van der Waals surface area contributed by atoms with Gasteiger partial charge in [-0.1, -0.05) is 105 Å². The average molecular weight is 436 g/mol. The van der Waals surface area contributed by atoms with Crippen LogP contribution in [0.4, 0.5) is 0 Å². The number of fused-ring (bicyclic) bond motifs is 6. The van der Waals surface area contributed by atoms with Crippen LogP contribution in [0.3, 0.4) is 0 Å². The number of hydrogen-bond donors (Lipinski definition) is 1. The minimum absolute atomic E-state index is 0.0393. The lowest BCUT2D eigenvalue weighted by atomic mass is 9.82. The second-order valence-electron chi connectivity index (χ2n) is 9.91. The van der Waals surface area contributed by atoms with Crippen molar-refractivity contribution < 1.29 is 0 Å². The van der Waals surface area contributed by atoms with Crippen LogP contribution in [0.5, 0.6) is 0 Å². The molecular formula is C33H25N. The van der Waals surface area contributed by atoms with E-state index in [0.717, 1.165) is 0 Å². The summed E-state index contributed by atoms with van der Waals surface area (Å²) in [5, 5.41) is 2.55. The molecule has 0 saturated carbocycles. The molecule has 0 saturated heterocycles. The third-order valence-electron chi connectivity index (χ3n) is 7.63. The SMILES string of the molecule is CC1(C)c2ccccc2-c2cc(-c3cccc(-c4cccc5c4[nH]c4ccccc45)c3)ccc21. The summed E-state index contributed by atoms with van der Waals surface area (Å²) in [5.41, 5.74) is 13.0. The van der Waals surface area contributed by atoms with E-state index in [1.165, 1.54) is 66.3 Å². The van der Waals surface area contributed by atoms with Crippen LogP contribution in [0.1, 0.15) is 25.0 Å². The van der Waals surface area contributed by atoms with Crippen molar-refractivity contribution in [1.29, 1.82) is 0 Å². The Balaban J connectivity index is 1.38. The highest BCUT2D eigenvalue weighted by molar-refractivity contribution is 6.11. The van der Waals surface area contributed by atoms with Crippen molar-refractivity contribution in [3.8, 4) is 33.4 Å². The zero-order chi connectivity index (χ0) is 22.9. The van der Waals surface area contributed by atoms with Crippen LogP contribution in [-0.2, 0) is 5.41 Å². The van der Waals surface area contributed by atoms with Crippen molar-refractivity contribution in [2.24, 2.45) is 0 Å². The van der Waals surface area contributed by atoms with Crippen molar-refractivity contribution in [3.63, 3.8) is 0 Å². The number of hydrogen-bond acceptors (Lipinski definition) is 0. The molecule has 1 nitrogen and oxygen atoms in total. The fraction of sp³-hybridized carbons (Fsp3) is 0.0909. The maximum atomic E-state index is 3.66. The van der Waals surface area contributed by atoms with Gasteiger partial charge in [0.25, 0.3) is 0 Å². The second kappa shape index (κ2) is 6.95. The van der Waals surface area contributed by atoms with Crippen LogP contribution < -0.4 is 0 Å². The summed E-state index contributed by atoms with van der Waals surface area (Å²) in [6, 6.07) is 39.9. The smallest absolute Gasteiger partial charge is 0.0544 e. The molecule has 1 heterocycles. The van der Waals surface area contributed by atoms with E-state index in [4.69, 9.17) is 0 Å². The molecule has 5 aromatic carbocycles. The topological polar surface area (TPSA) is 15.8 Å². The molecule has 0 amide bonds. The monoisotopic (exact) mass is 435 g/mol. The molecule has 1 aliphatic carbocycles. The Bertz CT molecular complexity index is 1730. The molecule has 0 atom stereocenters. The minimum Gasteiger partial charge on any atom is -0.354 e. The van der Waals surface area contributed by atoms with Gasteiger partial charge in [0.2, 0.25) is 0 Å². The number of aromatic amines is 1. The van der Waals surface area contributed by atoms with Crippen LogP contribution in [0, 0.1) is 0 Å². The molecular weight excluding hydrogens is 410 g/mol. The molecule has 0 radical (unpaired) electrons. The van der Waals surface area contributed by atoms with Gasteiger partial charge in [-0.2, -0.15) is 0 Å². The summed E-state index contributed by atoms with van der Waals surface area (Å²) < 4.78 is 0. The van der Waals surface area contributed by atoms with E-state index in [2.05, 4.69) is 128 Å². The molecule has 1 aromatic heterocycles. The quantitative estimate of drug-likeness (QED) is 0.279. The first kappa shape index (κ1) is 19.4. The molecule has 1 heteroatoms. The van der Waals surface area contributed by atoms with E-state index < -0.39 is 0 Å². The third kappa shape index (κ3) is 2.67. The number of benzene rings is 5. The molecule has 6 aromatic rings. The van der Waals surface area contributed by atoms with Crippen LogP contribution in [-0.4, -0.2) is 4.98 Å². The number of nitrogens with one attached hydrogen (secondary N) is 1. The Morgan fingerprint density at radius 3 is 2.12 bits per heavy atom. The summed E-state index contributed by atoms with van der Waals surface area (Å²) in [6.45, 7) is 4.66. The van der Waals surface area contributed by atoms with Gasteiger partial charge < -0.3 is 4.98 Å². The molecule has 0 bridgehead atoms. The summed E-state index contributed by atoms with van der Waals surface area (Å²) >= 11 is 0. The predicted octanol–water partition coefficient (Wildman–Crippen LogP) is 8.96. The number of para-hydroxylation sites is 2. The standard InChI is InChI=1S/C33H25N/c1-33(2)29-15-5-3-11-25(29)28-20-22(17-18-30(28)33)21-9-7-10-23(19-21)24-13-8-14-27-26-12-4-6-16-31(26)34-32(24)27/h3-20,34H,1-2H3. The first-order valence-corrected chi connectivity index (χ1v) is 12.0. The molecule has 34 heavy (non-hydrogen) atoms. The van der Waals surface area contributed by atoms with Gasteiger partial charge in [-0.05, 0) is 57.1 Å². The maximum Gasteiger partial charge on any atom is 0.0544 e. The predicted molar refractivity (Wildman–Crippen MR) is 144 cm³/mol. The Hall–Kier alpha value is -4.10. The Morgan fingerprint density at radius 2 is 1.18 bits per heavy atom. The average Bonchev–Trinajstić information content (AvgIpc) is 3.37. The summed E-state index contributed by atoms with van der Waals surface area (Å²) in [5.74, 6) is 0. The lowest BCUT2D eigenvalue weighted by Gasteiger charge is -2.21. The first-order valence-electron chi connectivity index (χ1n) is 12.0. The maximum absolute atomic E-state index is 3.66. The largest absolute Gasteiger partial charge is 0.354 e. The molecule has 1 N–H and O–H groups in total. The van der Waals surface area contributed by atoms with Crippen molar-refractivity contribution in [2.45, 2.75) is 19.3 Å². The van der Waals surface area contributed by atoms with E-state index in [-0.39, 0.29) is 5.41 Å². The molecule has 0 fully saturated rings. The molecule has 0 spiro atoms. The van der Waals surface area contributed by atoms with Gasteiger partial charge in [-0.15, -0.1) is 0 Å². The highest BCUT2D eigenvalue weighted by Crippen LogP contribution is 2.49. The zero-order valence-corrected chi connectivity index (χ0v) is 19.4. The van der Waals surface area contributed by atoms with Crippen LogP contribution in [0.25, 0.3) is 55.2 Å². The Labute approximate surface area is 199 Å². The molecule has 0 aliphatic heterocycles. The van der Waals surface area contributed by atoms with Gasteiger partial charge >= 0.3 is 0 Å². The first-order chi connectivity index (χ1) is 16.6. The number of aromatic nitrogens is 1. The lowest BCUT2D eigenvalue weighted by Crippen LogP contribution is -2.14. The molecule has 7 rings (SSSR count). The number of H-pyrrole nitrogens is 1. The fourth-order valence-electron chi connectivity index (χ4n) is 5.88. The molecule has 0 unspecified atom stereocenters. The fourth-order valence-corrected chi connectivity index (χ4v) is 5.88. The van der Waals surface area contributed by atoms with Gasteiger partial charge in [-0.3, -0.25) is 0 Å². The van der Waals surface area contributed by atoms with E-state index in [1.807, 2.05) is 0 Å². The minimum atomic E-state index is 0.0393. The summed E-state index contributed by atoms with van der Waals surface area (Å²) in [7, 11) is 0. The van der Waals surface area contributed by atoms with Gasteiger partial charge in [-0.25, -0.2) is 0 Å². The lowest BCUT2D eigenvalue weighted by molar-refractivity contribution is 0.660. The van der Waals surface area contributed by atoms with Crippen molar-refractivity contribution in [1.82, 2.24) is 4.98 Å². The van der Waals surface area contributed by atoms with Crippen molar-refractivity contribution in [3.05, 3.63) is 120 Å². The highest BCUT2D eigenvalue weighted by atomic mass is 14.7. The van der Waals surface area contributed by atoms with Crippen LogP contribution >= 0.6 is 0 Å². The third-order valence-corrected chi connectivity index (χ3v) is 7.63. The highest BCUT2D eigenvalue weighted by Gasteiger charge is 2.35. The van der Waals surface area contributed by atoms with Gasteiger partial charge in [0.1, 0.15) is 0 Å². The van der Waals surface area contributed by atoms with Crippen molar-refractivity contribution in [2.75, 3.05) is 0 Å². The van der Waals surface area contributed by atoms with E-state index in [1.54, 1.807) is 0 Å². The second-order valence-corrected chi connectivity index (χ2v) is 9.91. The van der Waals surface area contributed by atoms with E-state index in [0.29, 0.717) is 0 Å².